The number of amides is 13. The largest absolute Gasteiger partial charge is 0.445 e. The Kier molecular flexibility index (Phi) is 46.2. The predicted octanol–water partition coefficient (Wildman–Crippen LogP) is 5.97. The maximum Gasteiger partial charge on any atom is 0.410 e. The number of rotatable bonds is 52. The number of anilines is 1. The number of hydrogen-bond donors (Lipinski definition) is 11. The quantitative estimate of drug-likeness (QED) is 0.0268. The Morgan fingerprint density at radius 1 is 0.610 bits per heavy atom. The average molecular weight is 1670 g/mol. The predicted molar refractivity (Wildman–Crippen MR) is 442 cm³/mol. The molecule has 1 aliphatic heterocycles. The summed E-state index contributed by atoms with van der Waals surface area (Å²) in [7, 11) is 6.06. The molecule has 1 saturated heterocycles. The molecule has 118 heavy (non-hydrogen) atoms. The van der Waals surface area contributed by atoms with E-state index in [1.165, 1.54) is 26.2 Å². The number of methoxy groups -OCH3 is 2. The lowest BCUT2D eigenvalue weighted by Gasteiger charge is -2.41. The van der Waals surface area contributed by atoms with Gasteiger partial charge in [-0.05, 0) is 128 Å². The summed E-state index contributed by atoms with van der Waals surface area (Å²) in [5, 5.41) is 35.6. The Morgan fingerprint density at radius 2 is 1.20 bits per heavy atom. The Labute approximate surface area is 697 Å². The van der Waals surface area contributed by atoms with Gasteiger partial charge in [0.05, 0.1) is 101 Å². The van der Waals surface area contributed by atoms with Gasteiger partial charge in [-0.1, -0.05) is 111 Å². The van der Waals surface area contributed by atoms with E-state index in [1.54, 1.807) is 150 Å². The number of nitrogens with two attached hydrogens (primary N) is 1. The summed E-state index contributed by atoms with van der Waals surface area (Å²) in [4.78, 5) is 166. The number of aliphatic hydroxyl groups excluding tert-OH is 1. The highest BCUT2D eigenvalue weighted by atomic mass is 16.6. The summed E-state index contributed by atoms with van der Waals surface area (Å²) in [5.74, 6) is -6.00. The number of likely N-dealkylation sites (N-methyl/N-ethyl adjacent to an activating group) is 2. The molecule has 0 radical (unpaired) electrons. The molecule has 2 aromatic rings. The van der Waals surface area contributed by atoms with Crippen LogP contribution in [0.1, 0.15) is 179 Å². The van der Waals surface area contributed by atoms with Crippen molar-refractivity contribution in [3.05, 3.63) is 65.7 Å². The SMILES string of the molecule is CC[C@H](C)[C@@H]([C@@H](CC(=O)N1CCC[C@H]1[C@H](OC)[C@@H](C)C(=O)N[C@H](C)[C@@H](O)c1ccccc1)OC)N(C)C(=O)[C@H](NC(=O)[C@H](C(C)C)N(C)C(=O)OCc1ccc(NC(=O)[C@@H](CCCNC(N)=O)NC(=O)[C@@H](NC(=O)COCCOCCOCCOCCNC(=O)CC[C@H](CNC(=O)OC(C)(C)C)NC(=O)OC(C)(C)C)C(C)C)cc1)C(C)C. The van der Waals surface area contributed by atoms with Gasteiger partial charge in [0.25, 0.3) is 0 Å². The van der Waals surface area contributed by atoms with Crippen molar-refractivity contribution in [3.8, 4) is 0 Å². The van der Waals surface area contributed by atoms with Crippen LogP contribution < -0.4 is 53.6 Å². The van der Waals surface area contributed by atoms with Gasteiger partial charge in [-0.3, -0.25) is 43.3 Å². The number of benzene rings is 2. The van der Waals surface area contributed by atoms with E-state index in [0.29, 0.717) is 42.6 Å². The zero-order chi connectivity index (χ0) is 88.6. The molecule has 0 spiro atoms. The standard InChI is InChI=1S/C83H139N13O22/c1-21-54(8)70(63(110-19)47-66(99)96-39-26-30-62(96)72(111-20)55(9)73(101)88-56(10)71(100)58-27-23-22-24-28-58)94(17)77(105)68(52(4)5)93-76(104)69(53(6)7)95(18)81(109)116-49-57-31-33-59(34-32-57)89-74(102)61(29-25-37-86-78(84)106)91-75(103)67(51(2)3)92-65(98)50-115-46-45-114-44-43-113-42-41-112-40-38-85-64(97)36-35-60(90-80(108)118-83(14,15)16)48-87-79(107)117-82(11,12)13/h22-24,27-28,31-34,51-56,60-63,67-72,100H,21,25-26,29-30,35-50H2,1-20H3,(H,85,97)(H,87,107)(H,88,101)(H,89,102)(H,90,108)(H,91,103)(H,92,98)(H,93,104)(H3,84,86,106)/t54-,55+,56+,60+,61+,62-,63+,67-,68+,69-,70-,71+,72+/m0/s1. The molecule has 2 aromatic carbocycles. The Hall–Kier alpha value is -9.00. The van der Waals surface area contributed by atoms with Gasteiger partial charge in [-0.15, -0.1) is 0 Å². The molecular weight excluding hydrogens is 1530 g/mol. The fraction of sp³-hybridized carbons (Fsp3) is 0.711. The van der Waals surface area contributed by atoms with Gasteiger partial charge < -0.3 is 111 Å². The Balaban J connectivity index is 1.52. The molecule has 0 aliphatic carbocycles. The van der Waals surface area contributed by atoms with Crippen LogP contribution in [0.15, 0.2) is 54.6 Å². The highest BCUT2D eigenvalue weighted by molar-refractivity contribution is 5.98. The van der Waals surface area contributed by atoms with E-state index in [2.05, 4.69) is 47.9 Å². The van der Waals surface area contributed by atoms with Crippen molar-refractivity contribution in [2.24, 2.45) is 35.3 Å². The third-order valence-corrected chi connectivity index (χ3v) is 19.8. The van der Waals surface area contributed by atoms with Crippen molar-refractivity contribution in [2.75, 3.05) is 113 Å². The van der Waals surface area contributed by atoms with E-state index >= 15 is 0 Å². The monoisotopic (exact) mass is 1670 g/mol. The van der Waals surface area contributed by atoms with Crippen LogP contribution >= 0.6 is 0 Å². The molecule has 1 heterocycles. The van der Waals surface area contributed by atoms with E-state index in [4.69, 9.17) is 48.4 Å². The minimum absolute atomic E-state index is 0.0104. The van der Waals surface area contributed by atoms with Gasteiger partial charge in [0, 0.05) is 66.6 Å². The first kappa shape index (κ1) is 103. The minimum atomic E-state index is -1.16. The Bertz CT molecular complexity index is 3430. The van der Waals surface area contributed by atoms with Crippen LogP contribution in [-0.4, -0.2) is 270 Å². The highest BCUT2D eigenvalue weighted by Crippen LogP contribution is 2.31. The topological polar surface area (TPSA) is 452 Å². The summed E-state index contributed by atoms with van der Waals surface area (Å²) in [5.41, 5.74) is 5.29. The number of carbonyl (C=O) groups excluding carboxylic acids is 12. The smallest absolute Gasteiger partial charge is 0.410 e. The molecule has 668 valence electrons. The van der Waals surface area contributed by atoms with Crippen LogP contribution in [0, 0.1) is 29.6 Å². The van der Waals surface area contributed by atoms with Crippen molar-refractivity contribution >= 4 is 77.3 Å². The first-order chi connectivity index (χ1) is 55.5. The number of urea groups is 1. The molecule has 3 rings (SSSR count). The number of primary amides is 1. The first-order valence-electron chi connectivity index (χ1n) is 41.0. The van der Waals surface area contributed by atoms with Crippen molar-refractivity contribution in [2.45, 2.75) is 247 Å². The first-order valence-corrected chi connectivity index (χ1v) is 41.0. The molecule has 1 fully saturated rings. The van der Waals surface area contributed by atoms with Crippen LogP contribution in [0.25, 0.3) is 0 Å². The van der Waals surface area contributed by atoms with Crippen molar-refractivity contribution < 1.29 is 105 Å². The average Bonchev–Trinajstić information content (AvgIpc) is 1.41. The molecule has 1 aliphatic rings. The van der Waals surface area contributed by atoms with Crippen LogP contribution in [0.3, 0.4) is 0 Å². The molecular formula is C83H139N13O22. The molecule has 0 saturated carbocycles. The second-order valence-electron chi connectivity index (χ2n) is 32.8. The highest BCUT2D eigenvalue weighted by Gasteiger charge is 2.44. The number of aliphatic hydroxyl groups is 1. The second-order valence-corrected chi connectivity index (χ2v) is 32.8. The number of alkyl carbamates (subject to hydrolysis) is 2. The normalized spacial score (nSPS) is 16.0. The lowest BCUT2D eigenvalue weighted by Crippen LogP contribution is -2.60. The van der Waals surface area contributed by atoms with Gasteiger partial charge in [0.15, 0.2) is 0 Å². The van der Waals surface area contributed by atoms with Gasteiger partial charge in [-0.2, -0.15) is 0 Å². The van der Waals surface area contributed by atoms with Crippen LogP contribution in [-0.2, 0) is 87.6 Å². The van der Waals surface area contributed by atoms with Crippen LogP contribution in [0.4, 0.5) is 24.9 Å². The summed E-state index contributed by atoms with van der Waals surface area (Å²) < 4.78 is 50.5. The van der Waals surface area contributed by atoms with Crippen molar-refractivity contribution in [3.63, 3.8) is 0 Å². The van der Waals surface area contributed by atoms with E-state index in [9.17, 15) is 62.6 Å². The summed E-state index contributed by atoms with van der Waals surface area (Å²) in [6, 6.07) is 7.86. The number of nitrogens with zero attached hydrogens (tertiary/aromatic N) is 3. The molecule has 13 amide bonds. The zero-order valence-electron chi connectivity index (χ0n) is 73.2. The fourth-order valence-electron chi connectivity index (χ4n) is 13.4. The minimum Gasteiger partial charge on any atom is -0.445 e. The van der Waals surface area contributed by atoms with E-state index in [0.717, 1.165) is 0 Å². The fourth-order valence-corrected chi connectivity index (χ4v) is 13.4. The van der Waals surface area contributed by atoms with E-state index < -0.39 is 162 Å². The molecule has 0 bridgehead atoms. The Morgan fingerprint density at radius 3 is 1.76 bits per heavy atom. The number of nitrogens with one attached hydrogen (secondary N) is 9. The van der Waals surface area contributed by atoms with Crippen molar-refractivity contribution in [1.82, 2.24) is 57.2 Å². The lowest BCUT2D eigenvalue weighted by molar-refractivity contribution is -0.148. The lowest BCUT2D eigenvalue weighted by atomic mass is 9.89. The molecule has 13 atom stereocenters. The van der Waals surface area contributed by atoms with Crippen LogP contribution in [0.5, 0.6) is 0 Å². The maximum absolute atomic E-state index is 14.9. The number of hydrogen-bond acceptors (Lipinski definition) is 22. The number of carbonyl (C=O) groups is 12. The molecule has 0 unspecified atom stereocenters. The zero-order valence-corrected chi connectivity index (χ0v) is 73.2. The molecule has 12 N–H and O–H groups in total. The van der Waals surface area contributed by atoms with Gasteiger partial charge in [0.2, 0.25) is 47.3 Å². The summed E-state index contributed by atoms with van der Waals surface area (Å²) >= 11 is 0. The van der Waals surface area contributed by atoms with Crippen LogP contribution in [0.2, 0.25) is 0 Å². The molecule has 0 aromatic heterocycles. The maximum atomic E-state index is 14.9. The van der Waals surface area contributed by atoms with E-state index in [1.807, 2.05) is 32.0 Å². The summed E-state index contributed by atoms with van der Waals surface area (Å²) in [6.07, 6.45) is -2.31. The number of likely N-dealkylation sites (tertiary alicyclic amines) is 1. The van der Waals surface area contributed by atoms with Gasteiger partial charge in [0.1, 0.15) is 48.6 Å². The summed E-state index contributed by atoms with van der Waals surface area (Å²) in [6.45, 7) is 29.7. The van der Waals surface area contributed by atoms with Gasteiger partial charge >= 0.3 is 24.3 Å². The van der Waals surface area contributed by atoms with Gasteiger partial charge in [-0.25, -0.2) is 19.2 Å². The third-order valence-electron chi connectivity index (χ3n) is 19.8. The molecule has 35 heteroatoms. The third kappa shape index (κ3) is 37.9. The second kappa shape index (κ2) is 52.8. The van der Waals surface area contributed by atoms with Crippen molar-refractivity contribution in [1.29, 1.82) is 0 Å². The number of ether oxygens (including phenoxy) is 9. The van der Waals surface area contributed by atoms with E-state index in [-0.39, 0.29) is 128 Å². The molecule has 35 nitrogen and oxygen atoms in total.